The zero-order chi connectivity index (χ0) is 15.5. The minimum absolute atomic E-state index is 0.317. The highest BCUT2D eigenvalue weighted by molar-refractivity contribution is 5.80. The number of aliphatic imine (C=N–C) groups is 1. The van der Waals surface area contributed by atoms with E-state index in [0.29, 0.717) is 18.6 Å². The number of piperidine rings is 1. The number of hydrogen-bond acceptors (Lipinski definition) is 3. The molecule has 2 aliphatic heterocycles. The zero-order valence-corrected chi connectivity index (χ0v) is 13.6. The lowest BCUT2D eigenvalue weighted by molar-refractivity contribution is 0.174. The van der Waals surface area contributed by atoms with Crippen molar-refractivity contribution in [2.45, 2.75) is 26.8 Å². The lowest BCUT2D eigenvalue weighted by atomic mass is 9.92. The van der Waals surface area contributed by atoms with Crippen LogP contribution in [0.3, 0.4) is 0 Å². The van der Waals surface area contributed by atoms with Gasteiger partial charge in [-0.3, -0.25) is 4.99 Å². The van der Waals surface area contributed by atoms with Crippen LogP contribution in [0.2, 0.25) is 0 Å². The molecule has 5 nitrogen and oxygen atoms in total. The fourth-order valence-electron chi connectivity index (χ4n) is 3.40. The standard InChI is InChI=1S/C17H25N3O2/c1-12-6-13(2)10-20(9-12)17(18-3)19-8-14-4-5-15-16(7-14)22-11-21-15/h4-5,7,12-13H,6,8-11H2,1-3H3,(H,18,19). The van der Waals surface area contributed by atoms with Crippen LogP contribution in [0.4, 0.5) is 0 Å². The van der Waals surface area contributed by atoms with Crippen LogP contribution in [0.5, 0.6) is 11.5 Å². The first-order chi connectivity index (χ1) is 10.7. The highest BCUT2D eigenvalue weighted by Gasteiger charge is 2.24. The fraction of sp³-hybridized carbons (Fsp3) is 0.588. The van der Waals surface area contributed by atoms with E-state index in [0.717, 1.165) is 37.1 Å². The van der Waals surface area contributed by atoms with Gasteiger partial charge in [-0.2, -0.15) is 0 Å². The predicted molar refractivity (Wildman–Crippen MR) is 87.3 cm³/mol. The van der Waals surface area contributed by atoms with Gasteiger partial charge >= 0.3 is 0 Å². The number of likely N-dealkylation sites (tertiary alicyclic amines) is 1. The Morgan fingerprint density at radius 2 is 1.95 bits per heavy atom. The fourth-order valence-corrected chi connectivity index (χ4v) is 3.40. The van der Waals surface area contributed by atoms with Gasteiger partial charge in [-0.1, -0.05) is 19.9 Å². The van der Waals surface area contributed by atoms with Gasteiger partial charge in [0, 0.05) is 26.7 Å². The molecule has 120 valence electrons. The Hall–Kier alpha value is -1.91. The van der Waals surface area contributed by atoms with Crippen LogP contribution in [0, 0.1) is 11.8 Å². The van der Waals surface area contributed by atoms with Gasteiger partial charge in [0.25, 0.3) is 0 Å². The molecule has 0 bridgehead atoms. The van der Waals surface area contributed by atoms with Crippen molar-refractivity contribution >= 4 is 5.96 Å². The van der Waals surface area contributed by atoms with Crippen LogP contribution in [0.15, 0.2) is 23.2 Å². The number of nitrogens with zero attached hydrogens (tertiary/aromatic N) is 2. The Bertz CT molecular complexity index is 549. The van der Waals surface area contributed by atoms with Crippen molar-refractivity contribution in [1.82, 2.24) is 10.2 Å². The average molecular weight is 303 g/mol. The molecule has 1 N–H and O–H groups in total. The van der Waals surface area contributed by atoms with Gasteiger partial charge in [-0.15, -0.1) is 0 Å². The van der Waals surface area contributed by atoms with Gasteiger partial charge in [0.2, 0.25) is 6.79 Å². The molecule has 0 aliphatic carbocycles. The molecule has 2 unspecified atom stereocenters. The summed E-state index contributed by atoms with van der Waals surface area (Å²) in [4.78, 5) is 6.81. The summed E-state index contributed by atoms with van der Waals surface area (Å²) in [5.41, 5.74) is 1.17. The number of ether oxygens (including phenoxy) is 2. The second-order valence-electron chi connectivity index (χ2n) is 6.44. The van der Waals surface area contributed by atoms with Crippen molar-refractivity contribution < 1.29 is 9.47 Å². The molecule has 0 spiro atoms. The predicted octanol–water partition coefficient (Wildman–Crippen LogP) is 2.47. The van der Waals surface area contributed by atoms with E-state index in [1.54, 1.807) is 0 Å². The zero-order valence-electron chi connectivity index (χ0n) is 13.6. The SMILES string of the molecule is CN=C(NCc1ccc2c(c1)OCO2)N1CC(C)CC(C)C1. The van der Waals surface area contributed by atoms with Crippen molar-refractivity contribution in [1.29, 1.82) is 0 Å². The molecule has 2 aliphatic rings. The van der Waals surface area contributed by atoms with Crippen LogP contribution in [0.25, 0.3) is 0 Å². The molecule has 1 saturated heterocycles. The van der Waals surface area contributed by atoms with Crippen molar-refractivity contribution in [3.05, 3.63) is 23.8 Å². The molecule has 5 heteroatoms. The van der Waals surface area contributed by atoms with Crippen molar-refractivity contribution in [3.63, 3.8) is 0 Å². The van der Waals surface area contributed by atoms with Crippen molar-refractivity contribution in [2.24, 2.45) is 16.8 Å². The molecule has 1 fully saturated rings. The average Bonchev–Trinajstić information content (AvgIpc) is 2.94. The van der Waals surface area contributed by atoms with Crippen molar-refractivity contribution in [2.75, 3.05) is 26.9 Å². The molecule has 0 radical (unpaired) electrons. The summed E-state index contributed by atoms with van der Waals surface area (Å²) in [6.07, 6.45) is 1.30. The Morgan fingerprint density at radius 3 is 2.68 bits per heavy atom. The maximum atomic E-state index is 5.43. The lowest BCUT2D eigenvalue weighted by Gasteiger charge is -2.37. The quantitative estimate of drug-likeness (QED) is 0.673. The van der Waals surface area contributed by atoms with E-state index in [2.05, 4.69) is 35.1 Å². The summed E-state index contributed by atoms with van der Waals surface area (Å²) in [5.74, 6) is 4.07. The van der Waals surface area contributed by atoms with Crippen LogP contribution in [-0.2, 0) is 6.54 Å². The topological polar surface area (TPSA) is 46.1 Å². The van der Waals surface area contributed by atoms with Gasteiger partial charge in [0.1, 0.15) is 0 Å². The Morgan fingerprint density at radius 1 is 1.23 bits per heavy atom. The normalized spacial score (nSPS) is 24.5. The molecule has 1 aromatic carbocycles. The molecule has 3 rings (SSSR count). The van der Waals surface area contributed by atoms with Gasteiger partial charge < -0.3 is 19.7 Å². The van der Waals surface area contributed by atoms with Crippen LogP contribution < -0.4 is 14.8 Å². The third-order valence-electron chi connectivity index (χ3n) is 4.27. The Labute approximate surface area is 132 Å². The first kappa shape index (κ1) is 15.0. The summed E-state index contributed by atoms with van der Waals surface area (Å²) >= 11 is 0. The first-order valence-electron chi connectivity index (χ1n) is 8.00. The molecule has 1 aromatic rings. The van der Waals surface area contributed by atoms with Crippen LogP contribution >= 0.6 is 0 Å². The van der Waals surface area contributed by atoms with E-state index < -0.39 is 0 Å². The molecule has 2 heterocycles. The third-order valence-corrected chi connectivity index (χ3v) is 4.27. The van der Waals surface area contributed by atoms with E-state index in [-0.39, 0.29) is 0 Å². The van der Waals surface area contributed by atoms with E-state index >= 15 is 0 Å². The van der Waals surface area contributed by atoms with Gasteiger partial charge in [0.05, 0.1) is 0 Å². The van der Waals surface area contributed by atoms with E-state index in [1.807, 2.05) is 19.2 Å². The molecule has 22 heavy (non-hydrogen) atoms. The molecule has 0 aromatic heterocycles. The van der Waals surface area contributed by atoms with Crippen molar-refractivity contribution in [3.8, 4) is 11.5 Å². The van der Waals surface area contributed by atoms with E-state index in [4.69, 9.17) is 9.47 Å². The number of rotatable bonds is 2. The molecule has 0 saturated carbocycles. The molecular weight excluding hydrogens is 278 g/mol. The smallest absolute Gasteiger partial charge is 0.231 e. The second kappa shape index (κ2) is 6.46. The third kappa shape index (κ3) is 3.29. The summed E-state index contributed by atoms with van der Waals surface area (Å²) in [6, 6.07) is 6.06. The Kier molecular flexibility index (Phi) is 4.41. The number of fused-ring (bicyclic) bond motifs is 1. The highest BCUT2D eigenvalue weighted by atomic mass is 16.7. The van der Waals surface area contributed by atoms with Gasteiger partial charge in [-0.05, 0) is 36.0 Å². The van der Waals surface area contributed by atoms with Gasteiger partial charge in [0.15, 0.2) is 17.5 Å². The van der Waals surface area contributed by atoms with Gasteiger partial charge in [-0.25, -0.2) is 0 Å². The second-order valence-corrected chi connectivity index (χ2v) is 6.44. The summed E-state index contributed by atoms with van der Waals surface area (Å²) in [7, 11) is 1.85. The van der Waals surface area contributed by atoms with E-state index in [1.165, 1.54) is 12.0 Å². The maximum absolute atomic E-state index is 5.43. The molecule has 2 atom stereocenters. The molecule has 0 amide bonds. The highest BCUT2D eigenvalue weighted by Crippen LogP contribution is 2.32. The summed E-state index contributed by atoms with van der Waals surface area (Å²) in [6.45, 7) is 7.83. The number of hydrogen-bond donors (Lipinski definition) is 1. The lowest BCUT2D eigenvalue weighted by Crippen LogP contribution is -2.48. The minimum Gasteiger partial charge on any atom is -0.454 e. The monoisotopic (exact) mass is 303 g/mol. The number of benzene rings is 1. The molecular formula is C17H25N3O2. The summed E-state index contributed by atoms with van der Waals surface area (Å²) in [5, 5.41) is 3.47. The minimum atomic E-state index is 0.317. The summed E-state index contributed by atoms with van der Waals surface area (Å²) < 4.78 is 10.8. The Balaban J connectivity index is 1.61. The number of nitrogens with one attached hydrogen (secondary N) is 1. The van der Waals surface area contributed by atoms with Crippen LogP contribution in [-0.4, -0.2) is 37.8 Å². The maximum Gasteiger partial charge on any atom is 0.231 e. The first-order valence-corrected chi connectivity index (χ1v) is 8.00. The van der Waals surface area contributed by atoms with Crippen LogP contribution in [0.1, 0.15) is 25.8 Å². The number of guanidine groups is 1. The van der Waals surface area contributed by atoms with E-state index in [9.17, 15) is 0 Å². The largest absolute Gasteiger partial charge is 0.454 e.